The summed E-state index contributed by atoms with van der Waals surface area (Å²) in [7, 11) is 14.4. The van der Waals surface area contributed by atoms with Crippen molar-refractivity contribution in [3.63, 3.8) is 0 Å². The first-order valence-corrected chi connectivity index (χ1v) is 12.4. The predicted octanol–water partition coefficient (Wildman–Crippen LogP) is 4.39. The van der Waals surface area contributed by atoms with Crippen LogP contribution in [0.15, 0.2) is 30.3 Å². The van der Waals surface area contributed by atoms with Crippen LogP contribution in [0.3, 0.4) is 0 Å². The van der Waals surface area contributed by atoms with Crippen molar-refractivity contribution in [3.8, 4) is 5.75 Å². The monoisotopic (exact) mass is 405 g/mol. The molecule has 2 aromatic rings. The van der Waals surface area contributed by atoms with Crippen LogP contribution in [-0.2, 0) is 17.0 Å². The molecule has 0 amide bonds. The second-order valence-corrected chi connectivity index (χ2v) is 9.50. The van der Waals surface area contributed by atoms with Gasteiger partial charge in [0.15, 0.2) is 0 Å². The molecule has 0 saturated heterocycles. The van der Waals surface area contributed by atoms with Crippen LogP contribution in [0.2, 0.25) is 0 Å². The molecule has 1 N–H and O–H groups in total. The number of hydrogen-bond donors (Lipinski definition) is 1. The molecule has 0 aromatic heterocycles. The molecule has 0 radical (unpaired) electrons. The number of phenols is 1. The van der Waals surface area contributed by atoms with Crippen LogP contribution in [-0.4, -0.2) is 19.2 Å². The van der Waals surface area contributed by atoms with Gasteiger partial charge in [-0.1, -0.05) is 26.8 Å². The van der Waals surface area contributed by atoms with Crippen molar-refractivity contribution >= 4 is 43.5 Å². The van der Waals surface area contributed by atoms with E-state index in [4.69, 9.17) is 18.6 Å². The molecule has 6 heteroatoms. The molecule has 23 heavy (non-hydrogen) atoms. The third kappa shape index (κ3) is 6.29. The third-order valence-electron chi connectivity index (χ3n) is 3.35. The normalized spacial score (nSPS) is 10.4. The Labute approximate surface area is 157 Å². The molecule has 2 rings (SSSR count). The zero-order valence-corrected chi connectivity index (χ0v) is 18.1. The average molecular weight is 406 g/mol. The Hall–Kier alpha value is -0.236. The van der Waals surface area contributed by atoms with Crippen molar-refractivity contribution in [1.82, 2.24) is 0 Å². The number of rotatable bonds is 3. The minimum absolute atomic E-state index is 0.430. The van der Waals surface area contributed by atoms with Crippen molar-refractivity contribution in [2.45, 2.75) is 20.8 Å². The maximum atomic E-state index is 10.3. The molecule has 1 unspecified atom stereocenters. The van der Waals surface area contributed by atoms with E-state index in [-0.39, 0.29) is 0 Å². The van der Waals surface area contributed by atoms with Gasteiger partial charge in [-0.05, 0) is 49.6 Å². The van der Waals surface area contributed by atoms with Gasteiger partial charge in [0, 0.05) is 30.4 Å². The Kier molecular flexibility index (Phi) is 8.97. The molecule has 1 atom stereocenters. The summed E-state index contributed by atoms with van der Waals surface area (Å²) in [5.41, 5.74) is 4.63. The average Bonchev–Trinajstić information content (AvgIpc) is 2.46. The van der Waals surface area contributed by atoms with Crippen LogP contribution < -0.4 is 15.5 Å². The Morgan fingerprint density at radius 2 is 1.57 bits per heavy atom. The first-order chi connectivity index (χ1) is 10.8. The number of halogens is 2. The summed E-state index contributed by atoms with van der Waals surface area (Å²) in [4.78, 5) is 2.13. The molecular weight excluding hydrogens is 384 g/mol. The quantitative estimate of drug-likeness (QED) is 0.604. The molecule has 0 heterocycles. The van der Waals surface area contributed by atoms with Gasteiger partial charge >= 0.3 is 35.6 Å². The van der Waals surface area contributed by atoms with Crippen LogP contribution in [0.4, 0.5) is 5.69 Å². The summed E-state index contributed by atoms with van der Waals surface area (Å²) in [6, 6.07) is 10.6. The molecule has 2 nitrogen and oxygen atoms in total. The van der Waals surface area contributed by atoms with E-state index in [2.05, 4.69) is 57.1 Å². The summed E-state index contributed by atoms with van der Waals surface area (Å²) in [6.45, 7) is 6.13. The second kappa shape index (κ2) is 9.91. The van der Waals surface area contributed by atoms with E-state index in [1.165, 1.54) is 22.1 Å². The van der Waals surface area contributed by atoms with Crippen molar-refractivity contribution in [3.05, 3.63) is 47.0 Å². The predicted molar refractivity (Wildman–Crippen MR) is 102 cm³/mol. The molecule has 0 saturated carbocycles. The van der Waals surface area contributed by atoms with E-state index >= 15 is 0 Å². The topological polar surface area (TPSA) is 23.5 Å². The molecule has 124 valence electrons. The fourth-order valence-electron chi connectivity index (χ4n) is 2.32. The van der Waals surface area contributed by atoms with Crippen molar-refractivity contribution in [1.29, 1.82) is 0 Å². The Bertz CT molecular complexity index is 665. The van der Waals surface area contributed by atoms with Crippen LogP contribution in [0, 0.1) is 20.8 Å². The van der Waals surface area contributed by atoms with E-state index in [9.17, 15) is 5.11 Å². The fraction of sp³-hybridized carbons (Fsp3) is 0.294. The number of nitrogens with zero attached hydrogens (tertiary/aromatic N) is 1. The van der Waals surface area contributed by atoms with Crippen LogP contribution in [0.5, 0.6) is 5.75 Å². The number of aromatic hydroxyl groups is 1. The fourth-order valence-corrected chi connectivity index (χ4v) is 3.81. The van der Waals surface area contributed by atoms with Crippen LogP contribution >= 0.6 is 27.2 Å². The number of hydrogen-bond acceptors (Lipinski definition) is 2. The van der Waals surface area contributed by atoms with E-state index in [0.717, 1.165) is 10.9 Å². The van der Waals surface area contributed by atoms with E-state index in [0.29, 0.717) is 14.3 Å². The van der Waals surface area contributed by atoms with Gasteiger partial charge in [-0.15, -0.1) is 0 Å². The van der Waals surface area contributed by atoms with Gasteiger partial charge in [0.2, 0.25) is 0 Å². The van der Waals surface area contributed by atoms with Gasteiger partial charge in [-0.3, -0.25) is 0 Å². The van der Waals surface area contributed by atoms with Crippen molar-refractivity contribution < 1.29 is 22.1 Å². The molecule has 0 aliphatic carbocycles. The molecule has 0 bridgehead atoms. The van der Waals surface area contributed by atoms with Gasteiger partial charge in [0.05, 0.1) is 0 Å². The molecule has 0 aliphatic heterocycles. The van der Waals surface area contributed by atoms with Gasteiger partial charge in [0.1, 0.15) is 5.75 Å². The Balaban J connectivity index is 0.000000816. The molecule has 0 aliphatic rings. The summed E-state index contributed by atoms with van der Waals surface area (Å²) >= 11 is -0.556. The van der Waals surface area contributed by atoms with Crippen LogP contribution in [0.25, 0.3) is 0 Å². The Morgan fingerprint density at radius 3 is 2.13 bits per heavy atom. The first-order valence-electron chi connectivity index (χ1n) is 7.11. The van der Waals surface area contributed by atoms with Gasteiger partial charge in [0.25, 0.3) is 0 Å². The number of aryl methyl sites for hydroxylation is 3. The van der Waals surface area contributed by atoms with Crippen molar-refractivity contribution in [2.75, 3.05) is 19.0 Å². The van der Waals surface area contributed by atoms with Crippen LogP contribution in [0.1, 0.15) is 16.7 Å². The van der Waals surface area contributed by atoms with Gasteiger partial charge in [-0.25, -0.2) is 0 Å². The number of anilines is 1. The van der Waals surface area contributed by atoms with Gasteiger partial charge in [-0.2, -0.15) is 0 Å². The Morgan fingerprint density at radius 1 is 0.957 bits per heavy atom. The van der Waals surface area contributed by atoms with Gasteiger partial charge < -0.3 is 10.0 Å². The van der Waals surface area contributed by atoms with E-state index < -0.39 is 17.0 Å². The molecular formula is C17H22Cl2NOPTi. The standard InChI is InChI=1S/C17H22NOP.2ClH.Ti/c1-11-6-7-15(14(9-11)18(4)5)20-16-10-12(2)8-13(3)17(16)19;;;/h6-10,19-20H,1-5H3;2*1H;/q;;;+2/p-2. The third-order valence-corrected chi connectivity index (χ3v) is 4.69. The SMILES string of the molecule is Cc1cc(C)c(O)c(Pc2ccc(C)cc2N(C)C)c1.[Cl][Ti][Cl]. The number of phenolic OH excluding ortho intramolecular Hbond substituents is 1. The molecule has 0 fully saturated rings. The minimum atomic E-state index is -0.556. The van der Waals surface area contributed by atoms with E-state index in [1.54, 1.807) is 0 Å². The summed E-state index contributed by atoms with van der Waals surface area (Å²) in [6.07, 6.45) is 0. The first kappa shape index (κ1) is 20.8. The number of benzene rings is 2. The zero-order chi connectivity index (χ0) is 17.6. The summed E-state index contributed by atoms with van der Waals surface area (Å²) in [5, 5.41) is 12.5. The zero-order valence-electron chi connectivity index (χ0n) is 14.0. The second-order valence-electron chi connectivity index (χ2n) is 5.59. The molecule has 2 aromatic carbocycles. The summed E-state index contributed by atoms with van der Waals surface area (Å²) < 4.78 is 0. The van der Waals surface area contributed by atoms with E-state index in [1.807, 2.05) is 13.0 Å². The van der Waals surface area contributed by atoms with Crippen molar-refractivity contribution in [2.24, 2.45) is 0 Å². The molecule has 0 spiro atoms. The maximum absolute atomic E-state index is 10.3. The summed E-state index contributed by atoms with van der Waals surface area (Å²) in [5.74, 6) is 0.430.